The molecule has 0 saturated carbocycles. The summed E-state index contributed by atoms with van der Waals surface area (Å²) in [5.74, 6) is 2.54. The number of aromatic nitrogens is 2. The number of nitrogens with zero attached hydrogens (tertiary/aromatic N) is 4. The molecule has 0 amide bonds. The number of nitrogens with one attached hydrogen (secondary N) is 1. The van der Waals surface area contributed by atoms with Crippen LogP contribution in [0.25, 0.3) is 0 Å². The third-order valence-electron chi connectivity index (χ3n) is 5.46. The standard InChI is InChI=1S/C24H29N5/c1-2-25-24(29-15-13-22(19-29)21-11-7-4-8-12-21)27-17-23-26-14-16-28(23)18-20-9-5-3-6-10-20/h3-12,14,16,22H,2,13,15,17-19H2,1H3,(H,25,27). The van der Waals surface area contributed by atoms with Crippen molar-refractivity contribution in [3.8, 4) is 0 Å². The zero-order chi connectivity index (χ0) is 19.9. The second kappa shape index (κ2) is 9.41. The van der Waals surface area contributed by atoms with Gasteiger partial charge in [0.25, 0.3) is 0 Å². The van der Waals surface area contributed by atoms with Crippen LogP contribution in [0.5, 0.6) is 0 Å². The fraction of sp³-hybridized carbons (Fsp3) is 0.333. The third kappa shape index (κ3) is 4.86. The van der Waals surface area contributed by atoms with Gasteiger partial charge < -0.3 is 14.8 Å². The predicted molar refractivity (Wildman–Crippen MR) is 118 cm³/mol. The second-order valence-corrected chi connectivity index (χ2v) is 7.47. The molecule has 1 aliphatic rings. The summed E-state index contributed by atoms with van der Waals surface area (Å²) in [6, 6.07) is 21.3. The van der Waals surface area contributed by atoms with E-state index in [1.807, 2.05) is 18.5 Å². The Balaban J connectivity index is 1.44. The van der Waals surface area contributed by atoms with Gasteiger partial charge in [0.1, 0.15) is 12.4 Å². The van der Waals surface area contributed by atoms with Gasteiger partial charge in [-0.25, -0.2) is 9.98 Å². The molecule has 0 radical (unpaired) electrons. The van der Waals surface area contributed by atoms with E-state index in [0.717, 1.165) is 44.4 Å². The van der Waals surface area contributed by atoms with Crippen molar-refractivity contribution in [2.24, 2.45) is 4.99 Å². The fourth-order valence-electron chi connectivity index (χ4n) is 3.94. The van der Waals surface area contributed by atoms with Crippen LogP contribution in [0.3, 0.4) is 0 Å². The van der Waals surface area contributed by atoms with E-state index in [2.05, 4.69) is 81.3 Å². The van der Waals surface area contributed by atoms with Crippen LogP contribution in [0.4, 0.5) is 0 Å². The number of hydrogen-bond acceptors (Lipinski definition) is 2. The van der Waals surface area contributed by atoms with E-state index < -0.39 is 0 Å². The monoisotopic (exact) mass is 387 g/mol. The summed E-state index contributed by atoms with van der Waals surface area (Å²) in [6.45, 7) is 6.43. The largest absolute Gasteiger partial charge is 0.357 e. The molecule has 5 nitrogen and oxygen atoms in total. The molecule has 1 N–H and O–H groups in total. The molecular formula is C24H29N5. The minimum absolute atomic E-state index is 0.570. The zero-order valence-corrected chi connectivity index (χ0v) is 17.0. The van der Waals surface area contributed by atoms with Crippen LogP contribution in [-0.2, 0) is 13.1 Å². The highest BCUT2D eigenvalue weighted by molar-refractivity contribution is 5.80. The second-order valence-electron chi connectivity index (χ2n) is 7.47. The van der Waals surface area contributed by atoms with Crippen molar-refractivity contribution in [3.63, 3.8) is 0 Å². The van der Waals surface area contributed by atoms with Gasteiger partial charge in [0.2, 0.25) is 0 Å². The summed E-state index contributed by atoms with van der Waals surface area (Å²) in [4.78, 5) is 11.8. The van der Waals surface area contributed by atoms with Crippen LogP contribution in [0.1, 0.15) is 36.2 Å². The summed E-state index contributed by atoms with van der Waals surface area (Å²) in [7, 11) is 0. The summed E-state index contributed by atoms with van der Waals surface area (Å²) in [6.07, 6.45) is 5.06. The van der Waals surface area contributed by atoms with Crippen molar-refractivity contribution < 1.29 is 0 Å². The summed E-state index contributed by atoms with van der Waals surface area (Å²) >= 11 is 0. The zero-order valence-electron chi connectivity index (χ0n) is 17.0. The number of hydrogen-bond donors (Lipinski definition) is 1. The van der Waals surface area contributed by atoms with E-state index in [1.165, 1.54) is 11.1 Å². The Bertz CT molecular complexity index is 917. The highest BCUT2D eigenvalue weighted by Crippen LogP contribution is 2.27. The lowest BCUT2D eigenvalue weighted by Crippen LogP contribution is -2.40. The Morgan fingerprint density at radius 2 is 1.86 bits per heavy atom. The first-order chi connectivity index (χ1) is 14.3. The molecule has 1 atom stereocenters. The molecule has 1 unspecified atom stereocenters. The van der Waals surface area contributed by atoms with Crippen LogP contribution in [-0.4, -0.2) is 40.0 Å². The molecule has 2 aromatic carbocycles. The number of likely N-dealkylation sites (tertiary alicyclic amines) is 1. The van der Waals surface area contributed by atoms with Crippen molar-refractivity contribution >= 4 is 5.96 Å². The molecule has 1 saturated heterocycles. The third-order valence-corrected chi connectivity index (χ3v) is 5.46. The van der Waals surface area contributed by atoms with Crippen LogP contribution in [0.15, 0.2) is 78.0 Å². The summed E-state index contributed by atoms with van der Waals surface area (Å²) in [5, 5.41) is 3.47. The number of benzene rings is 2. The maximum absolute atomic E-state index is 4.92. The van der Waals surface area contributed by atoms with E-state index in [4.69, 9.17) is 4.99 Å². The van der Waals surface area contributed by atoms with Crippen LogP contribution in [0.2, 0.25) is 0 Å². The quantitative estimate of drug-likeness (QED) is 0.516. The van der Waals surface area contributed by atoms with Crippen molar-refractivity contribution in [2.75, 3.05) is 19.6 Å². The number of rotatable bonds is 6. The van der Waals surface area contributed by atoms with E-state index in [0.29, 0.717) is 12.5 Å². The Kier molecular flexibility index (Phi) is 6.25. The van der Waals surface area contributed by atoms with Crippen LogP contribution >= 0.6 is 0 Å². The fourth-order valence-corrected chi connectivity index (χ4v) is 3.94. The molecule has 1 aliphatic heterocycles. The molecule has 2 heterocycles. The van der Waals surface area contributed by atoms with Crippen LogP contribution in [0, 0.1) is 0 Å². The molecule has 5 heteroatoms. The molecular weight excluding hydrogens is 358 g/mol. The number of guanidine groups is 1. The predicted octanol–water partition coefficient (Wildman–Crippen LogP) is 3.89. The molecule has 3 aromatic rings. The molecule has 1 aromatic heterocycles. The van der Waals surface area contributed by atoms with Gasteiger partial charge in [-0.3, -0.25) is 0 Å². The van der Waals surface area contributed by atoms with E-state index in [9.17, 15) is 0 Å². The summed E-state index contributed by atoms with van der Waals surface area (Å²) in [5.41, 5.74) is 2.69. The maximum Gasteiger partial charge on any atom is 0.194 e. The molecule has 29 heavy (non-hydrogen) atoms. The first-order valence-electron chi connectivity index (χ1n) is 10.5. The molecule has 150 valence electrons. The number of imidazole rings is 1. The van der Waals surface area contributed by atoms with E-state index in [-0.39, 0.29) is 0 Å². The van der Waals surface area contributed by atoms with E-state index in [1.54, 1.807) is 0 Å². The van der Waals surface area contributed by atoms with Gasteiger partial charge in [-0.05, 0) is 24.5 Å². The first kappa shape index (κ1) is 19.2. The van der Waals surface area contributed by atoms with Crippen molar-refractivity contribution in [1.82, 2.24) is 19.8 Å². The van der Waals surface area contributed by atoms with Crippen LogP contribution < -0.4 is 5.32 Å². The summed E-state index contributed by atoms with van der Waals surface area (Å²) < 4.78 is 2.18. The van der Waals surface area contributed by atoms with Gasteiger partial charge >= 0.3 is 0 Å². The maximum atomic E-state index is 4.92. The normalized spacial score (nSPS) is 16.9. The van der Waals surface area contributed by atoms with Crippen molar-refractivity contribution in [3.05, 3.63) is 90.0 Å². The molecule has 1 fully saturated rings. The molecule has 0 bridgehead atoms. The Morgan fingerprint density at radius 3 is 2.62 bits per heavy atom. The average Bonchev–Trinajstić information content (AvgIpc) is 3.42. The Labute approximate surface area is 173 Å². The molecule has 0 aliphatic carbocycles. The topological polar surface area (TPSA) is 45.5 Å². The molecule has 4 rings (SSSR count). The number of aliphatic imine (C=N–C) groups is 1. The van der Waals surface area contributed by atoms with Gasteiger partial charge in [0.15, 0.2) is 5.96 Å². The van der Waals surface area contributed by atoms with Gasteiger partial charge in [0, 0.05) is 44.5 Å². The van der Waals surface area contributed by atoms with Gasteiger partial charge in [-0.1, -0.05) is 60.7 Å². The van der Waals surface area contributed by atoms with E-state index >= 15 is 0 Å². The highest BCUT2D eigenvalue weighted by atomic mass is 15.3. The lowest BCUT2D eigenvalue weighted by molar-refractivity contribution is 0.485. The van der Waals surface area contributed by atoms with Crippen molar-refractivity contribution in [2.45, 2.75) is 32.4 Å². The van der Waals surface area contributed by atoms with Gasteiger partial charge in [-0.2, -0.15) is 0 Å². The molecule has 0 spiro atoms. The SMILES string of the molecule is CCNC(=NCc1nccn1Cc1ccccc1)N1CCC(c2ccccc2)C1. The minimum Gasteiger partial charge on any atom is -0.357 e. The average molecular weight is 388 g/mol. The van der Waals surface area contributed by atoms with Gasteiger partial charge in [-0.15, -0.1) is 0 Å². The Hall–Kier alpha value is -3.08. The minimum atomic E-state index is 0.570. The van der Waals surface area contributed by atoms with Crippen molar-refractivity contribution in [1.29, 1.82) is 0 Å². The lowest BCUT2D eigenvalue weighted by atomic mass is 9.99. The van der Waals surface area contributed by atoms with Gasteiger partial charge in [0.05, 0.1) is 0 Å². The lowest BCUT2D eigenvalue weighted by Gasteiger charge is -2.22. The Morgan fingerprint density at radius 1 is 1.10 bits per heavy atom. The first-order valence-corrected chi connectivity index (χ1v) is 10.5. The smallest absolute Gasteiger partial charge is 0.194 e. The highest BCUT2D eigenvalue weighted by Gasteiger charge is 2.25.